The number of nitrogens with zero attached hydrogens (tertiary/aromatic N) is 3. The average Bonchev–Trinajstić information content (AvgIpc) is 3.59. The summed E-state index contributed by atoms with van der Waals surface area (Å²) in [6, 6.07) is 15.1. The fourth-order valence-corrected chi connectivity index (χ4v) is 5.17. The fraction of sp³-hybridized carbons (Fsp3) is 0.400. The van der Waals surface area contributed by atoms with Crippen molar-refractivity contribution < 1.29 is 4.79 Å². The number of carbonyl (C=O) groups excluding carboxylic acids is 1. The first-order chi connectivity index (χ1) is 15.9. The summed E-state index contributed by atoms with van der Waals surface area (Å²) >= 11 is 12.3. The maximum Gasteiger partial charge on any atom is 0.346 e. The lowest BCUT2D eigenvalue weighted by Crippen LogP contribution is -2.49. The predicted octanol–water partition coefficient (Wildman–Crippen LogP) is 5.33. The van der Waals surface area contributed by atoms with Gasteiger partial charge in [-0.05, 0) is 67.6 Å². The number of carbonyl (C=O) groups is 1. The molecular weight excluding hydrogens is 459 g/mol. The molecule has 0 unspecified atom stereocenters. The van der Waals surface area contributed by atoms with Crippen molar-refractivity contribution >= 4 is 29.1 Å². The van der Waals surface area contributed by atoms with Gasteiger partial charge in [0, 0.05) is 21.7 Å². The van der Waals surface area contributed by atoms with Crippen LogP contribution in [-0.2, 0) is 16.9 Å². The molecular formula is C25H26Cl2N4O2. The molecule has 33 heavy (non-hydrogen) atoms. The Balaban J connectivity index is 1.43. The van der Waals surface area contributed by atoms with Gasteiger partial charge in [0.05, 0.1) is 5.54 Å². The van der Waals surface area contributed by atoms with E-state index in [1.165, 1.54) is 4.68 Å². The molecule has 1 N–H and O–H groups in total. The minimum atomic E-state index is -0.470. The summed E-state index contributed by atoms with van der Waals surface area (Å²) in [6.07, 6.45) is 6.79. The van der Waals surface area contributed by atoms with Crippen molar-refractivity contribution in [1.29, 1.82) is 0 Å². The summed E-state index contributed by atoms with van der Waals surface area (Å²) in [5.41, 5.74) is 1.10. The van der Waals surface area contributed by atoms with Crippen LogP contribution in [-0.4, -0.2) is 20.3 Å². The third kappa shape index (κ3) is 4.59. The largest absolute Gasteiger partial charge is 0.346 e. The van der Waals surface area contributed by atoms with E-state index in [9.17, 15) is 9.59 Å². The summed E-state index contributed by atoms with van der Waals surface area (Å²) in [4.78, 5) is 26.4. The van der Waals surface area contributed by atoms with Crippen LogP contribution in [0.25, 0.3) is 11.4 Å². The Morgan fingerprint density at radius 1 is 1.03 bits per heavy atom. The lowest BCUT2D eigenvalue weighted by atomic mass is 9.76. The molecule has 0 spiro atoms. The zero-order valence-electron chi connectivity index (χ0n) is 18.3. The van der Waals surface area contributed by atoms with Gasteiger partial charge in [0.2, 0.25) is 5.91 Å². The van der Waals surface area contributed by atoms with Crippen LogP contribution in [0.5, 0.6) is 0 Å². The molecule has 2 fully saturated rings. The number of aromatic nitrogens is 3. The van der Waals surface area contributed by atoms with Crippen LogP contribution >= 0.6 is 23.2 Å². The second-order valence-electron chi connectivity index (χ2n) is 9.07. The fourth-order valence-electron chi connectivity index (χ4n) is 4.85. The molecule has 0 saturated heterocycles. The third-order valence-electron chi connectivity index (χ3n) is 6.64. The van der Waals surface area contributed by atoms with E-state index in [1.807, 2.05) is 36.4 Å². The van der Waals surface area contributed by atoms with Gasteiger partial charge in [-0.2, -0.15) is 0 Å². The summed E-state index contributed by atoms with van der Waals surface area (Å²) in [7, 11) is 0. The molecule has 2 aliphatic carbocycles. The zero-order valence-corrected chi connectivity index (χ0v) is 19.8. The van der Waals surface area contributed by atoms with Gasteiger partial charge in [0.1, 0.15) is 6.54 Å². The van der Waals surface area contributed by atoms with Crippen molar-refractivity contribution in [3.63, 3.8) is 0 Å². The Morgan fingerprint density at radius 3 is 2.42 bits per heavy atom. The first kappa shape index (κ1) is 22.2. The summed E-state index contributed by atoms with van der Waals surface area (Å²) in [5.74, 6) is 0.358. The van der Waals surface area contributed by atoms with Crippen molar-refractivity contribution in [1.82, 2.24) is 19.7 Å². The van der Waals surface area contributed by atoms with Crippen molar-refractivity contribution in [3.05, 3.63) is 74.6 Å². The van der Waals surface area contributed by atoms with Gasteiger partial charge < -0.3 is 5.32 Å². The SMILES string of the molecule is O=C(Cn1nc(-c2ccc(Cl)cc2)n(C2CC2)c1=O)NC1(c2cccc(Cl)c2)CCCCC1. The molecule has 1 amide bonds. The van der Waals surface area contributed by atoms with Crippen LogP contribution < -0.4 is 11.0 Å². The second kappa shape index (κ2) is 8.99. The number of hydrogen-bond acceptors (Lipinski definition) is 3. The van der Waals surface area contributed by atoms with Crippen LogP contribution in [0.3, 0.4) is 0 Å². The molecule has 0 aliphatic heterocycles. The topological polar surface area (TPSA) is 68.9 Å². The first-order valence-corrected chi connectivity index (χ1v) is 12.2. The Hall–Kier alpha value is -2.57. The van der Waals surface area contributed by atoms with E-state index in [0.717, 1.165) is 56.1 Å². The minimum absolute atomic E-state index is 0.124. The molecule has 0 atom stereocenters. The molecule has 5 rings (SSSR count). The number of rotatable bonds is 6. The highest BCUT2D eigenvalue weighted by molar-refractivity contribution is 6.30. The standard InChI is InChI=1S/C25H26Cl2N4O2/c26-19-9-7-17(8-10-19)23-29-30(24(33)31(23)21-11-12-21)16-22(32)28-25(13-2-1-3-14-25)18-5-4-6-20(27)15-18/h4-10,15,21H,1-3,11-14,16H2,(H,28,32). The van der Waals surface area contributed by atoms with Crippen LogP contribution in [0, 0.1) is 0 Å². The maximum atomic E-state index is 13.2. The van der Waals surface area contributed by atoms with Crippen molar-refractivity contribution in [2.75, 3.05) is 0 Å². The summed E-state index contributed by atoms with van der Waals surface area (Å²) in [6.45, 7) is -0.124. The molecule has 2 aromatic carbocycles. The van der Waals surface area contributed by atoms with Gasteiger partial charge in [-0.25, -0.2) is 9.48 Å². The normalized spacial score (nSPS) is 17.6. The zero-order chi connectivity index (χ0) is 23.0. The van der Waals surface area contributed by atoms with E-state index in [4.69, 9.17) is 23.2 Å². The van der Waals surface area contributed by atoms with Gasteiger partial charge in [-0.1, -0.05) is 54.6 Å². The van der Waals surface area contributed by atoms with Gasteiger partial charge >= 0.3 is 5.69 Å². The van der Waals surface area contributed by atoms with Crippen molar-refractivity contribution in [2.24, 2.45) is 0 Å². The summed E-state index contributed by atoms with van der Waals surface area (Å²) < 4.78 is 3.00. The van der Waals surface area contributed by atoms with Crippen molar-refractivity contribution in [2.45, 2.75) is 63.1 Å². The minimum Gasteiger partial charge on any atom is -0.345 e. The molecule has 0 bridgehead atoms. The van der Waals surface area contributed by atoms with Crippen LogP contribution in [0.15, 0.2) is 53.3 Å². The highest BCUT2D eigenvalue weighted by Crippen LogP contribution is 2.38. The Morgan fingerprint density at radius 2 is 1.76 bits per heavy atom. The van der Waals surface area contributed by atoms with Gasteiger partial charge in [-0.3, -0.25) is 9.36 Å². The van der Waals surface area contributed by atoms with Crippen molar-refractivity contribution in [3.8, 4) is 11.4 Å². The maximum absolute atomic E-state index is 13.2. The van der Waals surface area contributed by atoms with E-state index >= 15 is 0 Å². The molecule has 172 valence electrons. The molecule has 1 heterocycles. The Kier molecular flexibility index (Phi) is 6.06. The smallest absolute Gasteiger partial charge is 0.345 e. The monoisotopic (exact) mass is 484 g/mol. The quantitative estimate of drug-likeness (QED) is 0.513. The number of nitrogens with one attached hydrogen (secondary N) is 1. The number of hydrogen-bond donors (Lipinski definition) is 1. The average molecular weight is 485 g/mol. The molecule has 2 saturated carbocycles. The molecule has 6 nitrogen and oxygen atoms in total. The molecule has 0 radical (unpaired) electrons. The van der Waals surface area contributed by atoms with E-state index in [0.29, 0.717) is 15.9 Å². The number of amides is 1. The van der Waals surface area contributed by atoms with Crippen LogP contribution in [0.2, 0.25) is 10.0 Å². The Bertz CT molecular complexity index is 1220. The van der Waals surface area contributed by atoms with Crippen LogP contribution in [0.1, 0.15) is 56.6 Å². The van der Waals surface area contributed by atoms with Crippen LogP contribution in [0.4, 0.5) is 0 Å². The van der Waals surface area contributed by atoms with Gasteiger partial charge in [0.15, 0.2) is 5.82 Å². The van der Waals surface area contributed by atoms with E-state index in [-0.39, 0.29) is 24.2 Å². The van der Waals surface area contributed by atoms with Gasteiger partial charge in [0.25, 0.3) is 0 Å². The Labute approximate surface area is 202 Å². The highest BCUT2D eigenvalue weighted by atomic mass is 35.5. The molecule has 8 heteroatoms. The molecule has 3 aromatic rings. The van der Waals surface area contributed by atoms with Gasteiger partial charge in [-0.15, -0.1) is 5.10 Å². The van der Waals surface area contributed by atoms with E-state index < -0.39 is 5.54 Å². The first-order valence-electron chi connectivity index (χ1n) is 11.5. The summed E-state index contributed by atoms with van der Waals surface area (Å²) in [5, 5.41) is 9.08. The molecule has 2 aliphatic rings. The number of benzene rings is 2. The number of halogens is 2. The van der Waals surface area contributed by atoms with E-state index in [1.54, 1.807) is 16.7 Å². The highest BCUT2D eigenvalue weighted by Gasteiger charge is 2.36. The van der Waals surface area contributed by atoms with E-state index in [2.05, 4.69) is 10.4 Å². The third-order valence-corrected chi connectivity index (χ3v) is 7.13. The lowest BCUT2D eigenvalue weighted by molar-refractivity contribution is -0.124. The predicted molar refractivity (Wildman–Crippen MR) is 130 cm³/mol. The second-order valence-corrected chi connectivity index (χ2v) is 9.95. The lowest BCUT2D eigenvalue weighted by Gasteiger charge is -2.38. The molecule has 1 aromatic heterocycles.